The van der Waals surface area contributed by atoms with Gasteiger partial charge >= 0.3 is 5.97 Å². The molecule has 9 heteroatoms. The molecule has 8 nitrogen and oxygen atoms in total. The minimum atomic E-state index is -0.753. The first-order valence-electron chi connectivity index (χ1n) is 11.8. The molecule has 188 valence electrons. The first-order valence-corrected chi connectivity index (χ1v) is 12.6. The second-order valence-electron chi connectivity index (χ2n) is 7.97. The summed E-state index contributed by atoms with van der Waals surface area (Å²) in [7, 11) is 0. The van der Waals surface area contributed by atoms with Gasteiger partial charge in [-0.1, -0.05) is 29.5 Å². The van der Waals surface area contributed by atoms with Crippen molar-refractivity contribution < 1.29 is 24.1 Å². The highest BCUT2D eigenvalue weighted by Crippen LogP contribution is 2.36. The number of thiazole rings is 1. The van der Waals surface area contributed by atoms with Crippen LogP contribution in [-0.4, -0.2) is 35.5 Å². The molecule has 0 amide bonds. The Hall–Kier alpha value is -3.85. The Bertz CT molecular complexity index is 1480. The van der Waals surface area contributed by atoms with Crippen molar-refractivity contribution >= 4 is 23.4 Å². The quantitative estimate of drug-likeness (QED) is 0.469. The second kappa shape index (κ2) is 10.8. The number of nitrogens with zero attached hydrogens (tertiary/aromatic N) is 2. The maximum absolute atomic E-state index is 13.7. The molecular formula is C27H28N2O6S. The molecule has 1 atom stereocenters. The van der Waals surface area contributed by atoms with Gasteiger partial charge in [-0.05, 0) is 69.2 Å². The van der Waals surface area contributed by atoms with Crippen LogP contribution in [0.5, 0.6) is 17.2 Å². The van der Waals surface area contributed by atoms with Crippen molar-refractivity contribution in [1.29, 1.82) is 0 Å². The fraction of sp³-hybridized carbons (Fsp3) is 0.296. The third kappa shape index (κ3) is 4.92. The van der Waals surface area contributed by atoms with Crippen LogP contribution < -0.4 is 24.4 Å². The van der Waals surface area contributed by atoms with E-state index in [2.05, 4.69) is 4.99 Å². The number of aromatic nitrogens is 1. The molecule has 1 unspecified atom stereocenters. The van der Waals surface area contributed by atoms with Crippen LogP contribution in [0.3, 0.4) is 0 Å². The van der Waals surface area contributed by atoms with Gasteiger partial charge < -0.3 is 19.3 Å². The highest BCUT2D eigenvalue weighted by atomic mass is 32.1. The zero-order valence-electron chi connectivity index (χ0n) is 20.6. The Morgan fingerprint density at radius 2 is 1.75 bits per heavy atom. The molecule has 0 spiro atoms. The van der Waals surface area contributed by atoms with Crippen LogP contribution >= 0.6 is 11.3 Å². The lowest BCUT2D eigenvalue weighted by Gasteiger charge is -2.25. The minimum absolute atomic E-state index is 0.143. The Balaban J connectivity index is 1.94. The van der Waals surface area contributed by atoms with Crippen LogP contribution in [0.25, 0.3) is 6.08 Å². The van der Waals surface area contributed by atoms with Gasteiger partial charge in [-0.15, -0.1) is 0 Å². The van der Waals surface area contributed by atoms with Gasteiger partial charge in [-0.3, -0.25) is 9.36 Å². The molecule has 3 aromatic rings. The van der Waals surface area contributed by atoms with Gasteiger partial charge in [0.15, 0.2) is 16.3 Å². The molecule has 36 heavy (non-hydrogen) atoms. The van der Waals surface area contributed by atoms with E-state index < -0.39 is 12.0 Å². The molecule has 0 bridgehead atoms. The van der Waals surface area contributed by atoms with E-state index in [1.807, 2.05) is 19.9 Å². The number of ether oxygens (including phenoxy) is 3. The number of phenols is 1. The lowest BCUT2D eigenvalue weighted by atomic mass is 9.95. The molecule has 4 rings (SSSR count). The van der Waals surface area contributed by atoms with Crippen LogP contribution in [-0.2, 0) is 9.53 Å². The van der Waals surface area contributed by atoms with Crippen LogP contribution in [0.4, 0.5) is 0 Å². The number of hydrogen-bond acceptors (Lipinski definition) is 8. The Morgan fingerprint density at radius 1 is 1.06 bits per heavy atom. The molecule has 2 heterocycles. The number of phenolic OH excluding ortho intramolecular Hbond substituents is 1. The lowest BCUT2D eigenvalue weighted by molar-refractivity contribution is -0.139. The maximum Gasteiger partial charge on any atom is 0.338 e. The number of carbonyl (C=O) groups excluding carboxylic acids is 1. The molecule has 0 fully saturated rings. The summed E-state index contributed by atoms with van der Waals surface area (Å²) in [5.41, 5.74) is 1.94. The normalized spacial score (nSPS) is 15.3. The fourth-order valence-corrected chi connectivity index (χ4v) is 5.11. The predicted molar refractivity (Wildman–Crippen MR) is 137 cm³/mol. The zero-order valence-corrected chi connectivity index (χ0v) is 21.4. The van der Waals surface area contributed by atoms with Crippen LogP contribution in [0.15, 0.2) is 63.5 Å². The largest absolute Gasteiger partial charge is 0.508 e. The van der Waals surface area contributed by atoms with Crippen molar-refractivity contribution in [2.45, 2.75) is 33.7 Å². The van der Waals surface area contributed by atoms with Gasteiger partial charge in [0.1, 0.15) is 5.75 Å². The van der Waals surface area contributed by atoms with Crippen molar-refractivity contribution in [1.82, 2.24) is 4.57 Å². The number of carbonyl (C=O) groups is 1. The van der Waals surface area contributed by atoms with Crippen molar-refractivity contribution in [2.24, 2.45) is 4.99 Å². The molecule has 1 aliphatic heterocycles. The van der Waals surface area contributed by atoms with Gasteiger partial charge in [-0.2, -0.15) is 0 Å². The van der Waals surface area contributed by atoms with Gasteiger partial charge in [0.25, 0.3) is 5.56 Å². The fourth-order valence-electron chi connectivity index (χ4n) is 4.07. The number of benzene rings is 2. The zero-order chi connectivity index (χ0) is 25.8. The van der Waals surface area contributed by atoms with E-state index in [0.29, 0.717) is 50.9 Å². The van der Waals surface area contributed by atoms with E-state index in [4.69, 9.17) is 14.2 Å². The summed E-state index contributed by atoms with van der Waals surface area (Å²) >= 11 is 1.24. The maximum atomic E-state index is 13.7. The third-order valence-corrected chi connectivity index (χ3v) is 6.57. The predicted octanol–water partition coefficient (Wildman–Crippen LogP) is 3.30. The van der Waals surface area contributed by atoms with Crippen molar-refractivity contribution in [3.8, 4) is 17.2 Å². The average Bonchev–Trinajstić information content (AvgIpc) is 3.15. The summed E-state index contributed by atoms with van der Waals surface area (Å²) in [6.07, 6.45) is 1.74. The first-order chi connectivity index (χ1) is 17.4. The van der Waals surface area contributed by atoms with Crippen LogP contribution in [0.1, 0.15) is 44.9 Å². The molecule has 1 aromatic heterocycles. The van der Waals surface area contributed by atoms with Crippen molar-refractivity contribution in [3.05, 3.63) is 84.5 Å². The molecular weight excluding hydrogens is 480 g/mol. The lowest BCUT2D eigenvalue weighted by Crippen LogP contribution is -2.40. The highest BCUT2D eigenvalue weighted by molar-refractivity contribution is 7.07. The Kier molecular flexibility index (Phi) is 7.59. The van der Waals surface area contributed by atoms with Gasteiger partial charge in [0.05, 0.1) is 41.7 Å². The standard InChI is InChI=1S/C27H28N2O6S/c1-5-33-20-13-10-18(15-21(20)34-6-2)24-23(26(32)35-7-3)16(4)28-27-29(24)25(31)22(36-27)14-17-8-11-19(30)12-9-17/h8-15,24,30H,5-7H2,1-4H3. The number of esters is 1. The van der Waals surface area contributed by atoms with Crippen molar-refractivity contribution in [3.63, 3.8) is 0 Å². The summed E-state index contributed by atoms with van der Waals surface area (Å²) < 4.78 is 18.9. The van der Waals surface area contributed by atoms with E-state index >= 15 is 0 Å². The molecule has 1 aliphatic rings. The van der Waals surface area contributed by atoms with Gasteiger partial charge in [-0.25, -0.2) is 9.79 Å². The van der Waals surface area contributed by atoms with Crippen LogP contribution in [0, 0.1) is 0 Å². The SMILES string of the molecule is CCOC(=O)C1=C(C)N=c2sc(=Cc3ccc(O)cc3)c(=O)n2C1c1ccc(OCC)c(OCC)c1. The van der Waals surface area contributed by atoms with Crippen LogP contribution in [0.2, 0.25) is 0 Å². The highest BCUT2D eigenvalue weighted by Gasteiger charge is 2.34. The molecule has 2 aromatic carbocycles. The van der Waals surface area contributed by atoms with E-state index in [1.54, 1.807) is 56.3 Å². The number of rotatable bonds is 8. The number of aromatic hydroxyl groups is 1. The summed E-state index contributed by atoms with van der Waals surface area (Å²) in [5, 5.41) is 9.58. The topological polar surface area (TPSA) is 99.4 Å². The van der Waals surface area contributed by atoms with Gasteiger partial charge in [0, 0.05) is 0 Å². The number of hydrogen-bond donors (Lipinski definition) is 1. The minimum Gasteiger partial charge on any atom is -0.508 e. The summed E-state index contributed by atoms with van der Waals surface area (Å²) in [4.78, 5) is 31.8. The number of fused-ring (bicyclic) bond motifs is 1. The molecule has 0 saturated carbocycles. The molecule has 0 aliphatic carbocycles. The molecule has 0 radical (unpaired) electrons. The van der Waals surface area contributed by atoms with E-state index in [0.717, 1.165) is 5.56 Å². The Labute approximate surface area is 212 Å². The molecule has 0 saturated heterocycles. The summed E-state index contributed by atoms with van der Waals surface area (Å²) in [5.74, 6) is 0.731. The Morgan fingerprint density at radius 3 is 2.42 bits per heavy atom. The number of allylic oxidation sites excluding steroid dienone is 1. The van der Waals surface area contributed by atoms with E-state index in [1.165, 1.54) is 15.9 Å². The van der Waals surface area contributed by atoms with E-state index in [9.17, 15) is 14.7 Å². The smallest absolute Gasteiger partial charge is 0.338 e. The first kappa shape index (κ1) is 25.2. The van der Waals surface area contributed by atoms with Gasteiger partial charge in [0.2, 0.25) is 0 Å². The monoisotopic (exact) mass is 508 g/mol. The van der Waals surface area contributed by atoms with Crippen molar-refractivity contribution in [2.75, 3.05) is 19.8 Å². The average molecular weight is 509 g/mol. The molecule has 1 N–H and O–H groups in total. The van der Waals surface area contributed by atoms with E-state index in [-0.39, 0.29) is 17.9 Å². The second-order valence-corrected chi connectivity index (χ2v) is 8.98. The summed E-state index contributed by atoms with van der Waals surface area (Å²) in [6, 6.07) is 11.2. The summed E-state index contributed by atoms with van der Waals surface area (Å²) in [6.45, 7) is 8.34. The third-order valence-electron chi connectivity index (χ3n) is 5.59.